The number of hydrogen-bond acceptors (Lipinski definition) is 7. The minimum absolute atomic E-state index is 0.0579. The highest BCUT2D eigenvalue weighted by atomic mass is 32.2. The monoisotopic (exact) mass is 575 g/mol. The zero-order valence-electron chi connectivity index (χ0n) is 23.1. The summed E-state index contributed by atoms with van der Waals surface area (Å²) in [5.74, 6) is -0.506. The first-order valence-electron chi connectivity index (χ1n) is 13.7. The lowest BCUT2D eigenvalue weighted by Gasteiger charge is -2.34. The van der Waals surface area contributed by atoms with Crippen LogP contribution in [0.1, 0.15) is 32.3 Å². The van der Waals surface area contributed by atoms with Gasteiger partial charge in [-0.1, -0.05) is 30.3 Å². The van der Waals surface area contributed by atoms with Gasteiger partial charge in [0, 0.05) is 43.6 Å². The van der Waals surface area contributed by atoms with Crippen LogP contribution in [0.2, 0.25) is 0 Å². The Bertz CT molecular complexity index is 1560. The van der Waals surface area contributed by atoms with Crippen molar-refractivity contribution in [3.05, 3.63) is 71.9 Å². The van der Waals surface area contributed by atoms with Gasteiger partial charge in [-0.3, -0.25) is 4.79 Å². The molecule has 0 saturated carbocycles. The van der Waals surface area contributed by atoms with Gasteiger partial charge in [-0.15, -0.1) is 0 Å². The zero-order chi connectivity index (χ0) is 29.0. The molecule has 2 aromatic carbocycles. The first-order chi connectivity index (χ1) is 19.7. The summed E-state index contributed by atoms with van der Waals surface area (Å²) in [4.78, 5) is 13.0. The van der Waals surface area contributed by atoms with Crippen molar-refractivity contribution in [1.29, 1.82) is 5.26 Å². The normalized spacial score (nSPS) is 21.9. The predicted octanol–water partition coefficient (Wildman–Crippen LogP) is 3.54. The number of amides is 1. The van der Waals surface area contributed by atoms with E-state index in [1.807, 2.05) is 50.2 Å². The molecule has 1 N–H and O–H groups in total. The molecule has 10 nitrogen and oxygen atoms in total. The van der Waals surface area contributed by atoms with Crippen LogP contribution >= 0.6 is 0 Å². The van der Waals surface area contributed by atoms with E-state index < -0.39 is 15.9 Å². The molecule has 214 valence electrons. The zero-order valence-corrected chi connectivity index (χ0v) is 23.9. The summed E-state index contributed by atoms with van der Waals surface area (Å²) in [7, 11) is -3.80. The van der Waals surface area contributed by atoms with Crippen LogP contribution in [0.5, 0.6) is 0 Å². The van der Waals surface area contributed by atoms with E-state index in [1.54, 1.807) is 35.1 Å². The number of nitrogens with zero attached hydrogens (tertiary/aromatic N) is 4. The average molecular weight is 576 g/mol. The number of para-hydroxylation sites is 1. The van der Waals surface area contributed by atoms with E-state index in [2.05, 4.69) is 5.32 Å². The van der Waals surface area contributed by atoms with Gasteiger partial charge in [-0.25, -0.2) is 13.1 Å². The summed E-state index contributed by atoms with van der Waals surface area (Å²) < 4.78 is 41.6. The second-order valence-electron chi connectivity index (χ2n) is 10.3. The quantitative estimate of drug-likeness (QED) is 0.322. The van der Waals surface area contributed by atoms with Crippen LogP contribution in [-0.4, -0.2) is 73.0 Å². The molecule has 0 bridgehead atoms. The second kappa shape index (κ2) is 12.4. The first-order valence-corrected chi connectivity index (χ1v) is 15.1. The Labute approximate surface area is 240 Å². The van der Waals surface area contributed by atoms with Crippen molar-refractivity contribution in [2.24, 2.45) is 0 Å². The fourth-order valence-corrected chi connectivity index (χ4v) is 6.76. The summed E-state index contributed by atoms with van der Waals surface area (Å²) in [5.41, 5.74) is 2.17. The minimum Gasteiger partial charge on any atom is -0.376 e. The van der Waals surface area contributed by atoms with Crippen molar-refractivity contribution in [2.45, 2.75) is 49.9 Å². The SMILES string of the molecule is CC1CN(S(=O)(=O)c2cccc(-c3nn(-c4ccccc4)cc3/C=C(/C#N)C(=O)NCC3CCCO3)c2)CC(C)O1. The Morgan fingerprint density at radius 1 is 1.15 bits per heavy atom. The summed E-state index contributed by atoms with van der Waals surface area (Å²) in [6.45, 7) is 5.23. The molecule has 2 aliphatic rings. The highest BCUT2D eigenvalue weighted by Gasteiger charge is 2.32. The molecule has 1 aromatic heterocycles. The lowest BCUT2D eigenvalue weighted by Crippen LogP contribution is -2.48. The molecule has 5 rings (SSSR count). The second-order valence-corrected chi connectivity index (χ2v) is 12.3. The van der Waals surface area contributed by atoms with Gasteiger partial charge in [0.05, 0.1) is 28.9 Å². The highest BCUT2D eigenvalue weighted by Crippen LogP contribution is 2.29. The molecule has 3 aromatic rings. The molecule has 2 saturated heterocycles. The summed E-state index contributed by atoms with van der Waals surface area (Å²) in [5, 5.41) is 17.4. The largest absolute Gasteiger partial charge is 0.376 e. The third-order valence-corrected chi connectivity index (χ3v) is 8.90. The van der Waals surface area contributed by atoms with Gasteiger partial charge in [0.15, 0.2) is 0 Å². The van der Waals surface area contributed by atoms with Crippen LogP contribution in [-0.2, 0) is 24.3 Å². The van der Waals surface area contributed by atoms with Gasteiger partial charge < -0.3 is 14.8 Å². The van der Waals surface area contributed by atoms with Crippen LogP contribution in [0.4, 0.5) is 0 Å². The number of sulfonamides is 1. The Kier molecular flexibility index (Phi) is 8.65. The molecule has 3 atom stereocenters. The Hall–Kier alpha value is -3.82. The molecule has 0 radical (unpaired) electrons. The molecule has 1 amide bonds. The lowest BCUT2D eigenvalue weighted by molar-refractivity contribution is -0.117. The maximum atomic E-state index is 13.6. The molecule has 0 spiro atoms. The molecule has 41 heavy (non-hydrogen) atoms. The Morgan fingerprint density at radius 2 is 1.90 bits per heavy atom. The maximum Gasteiger partial charge on any atom is 0.262 e. The van der Waals surface area contributed by atoms with Crippen molar-refractivity contribution in [3.8, 4) is 23.0 Å². The van der Waals surface area contributed by atoms with E-state index in [1.165, 1.54) is 10.4 Å². The smallest absolute Gasteiger partial charge is 0.262 e. The molecule has 0 aliphatic carbocycles. The number of nitriles is 1. The topological polar surface area (TPSA) is 127 Å². The average Bonchev–Trinajstić information content (AvgIpc) is 3.65. The summed E-state index contributed by atoms with van der Waals surface area (Å²) in [6.07, 6.45) is 4.53. The van der Waals surface area contributed by atoms with Gasteiger partial charge in [0.1, 0.15) is 17.3 Å². The van der Waals surface area contributed by atoms with Crippen molar-refractivity contribution in [1.82, 2.24) is 19.4 Å². The van der Waals surface area contributed by atoms with Gasteiger partial charge >= 0.3 is 0 Å². The number of benzene rings is 2. The van der Waals surface area contributed by atoms with Gasteiger partial charge in [-0.05, 0) is 57.0 Å². The number of hydrogen-bond donors (Lipinski definition) is 1. The van der Waals surface area contributed by atoms with Crippen LogP contribution in [0, 0.1) is 11.3 Å². The number of rotatable bonds is 8. The predicted molar refractivity (Wildman–Crippen MR) is 153 cm³/mol. The standard InChI is InChI=1S/C30H33N5O5S/c1-21-18-34(19-22(2)40-21)41(37,38)28-12-6-8-23(15-28)29-25(20-35(33-29)26-9-4-3-5-10-26)14-24(16-31)30(36)32-17-27-11-7-13-39-27/h3-6,8-10,12,14-15,20-22,27H,7,11,13,17-19H2,1-2H3,(H,32,36)/b24-14-. The van der Waals surface area contributed by atoms with Crippen molar-refractivity contribution >= 4 is 22.0 Å². The van der Waals surface area contributed by atoms with Gasteiger partial charge in [0.25, 0.3) is 5.91 Å². The molecule has 11 heteroatoms. The van der Waals surface area contributed by atoms with E-state index in [9.17, 15) is 18.5 Å². The van der Waals surface area contributed by atoms with E-state index in [0.29, 0.717) is 30.0 Å². The molecule has 2 aliphatic heterocycles. The fourth-order valence-electron chi connectivity index (χ4n) is 5.12. The number of aromatic nitrogens is 2. The van der Waals surface area contributed by atoms with E-state index in [-0.39, 0.29) is 41.9 Å². The first kappa shape index (κ1) is 28.7. The van der Waals surface area contributed by atoms with Gasteiger partial charge in [-0.2, -0.15) is 14.7 Å². The van der Waals surface area contributed by atoms with Gasteiger partial charge in [0.2, 0.25) is 10.0 Å². The Balaban J connectivity index is 1.51. The van der Waals surface area contributed by atoms with E-state index in [0.717, 1.165) is 18.5 Å². The molecule has 2 fully saturated rings. The summed E-state index contributed by atoms with van der Waals surface area (Å²) >= 11 is 0. The van der Waals surface area contributed by atoms with E-state index in [4.69, 9.17) is 14.6 Å². The van der Waals surface area contributed by atoms with Crippen LogP contribution < -0.4 is 5.32 Å². The Morgan fingerprint density at radius 3 is 2.59 bits per heavy atom. The molecule has 3 heterocycles. The van der Waals surface area contributed by atoms with Crippen LogP contribution in [0.25, 0.3) is 23.0 Å². The lowest BCUT2D eigenvalue weighted by atomic mass is 10.1. The van der Waals surface area contributed by atoms with E-state index >= 15 is 0 Å². The molecular weight excluding hydrogens is 542 g/mol. The number of morpholine rings is 1. The van der Waals surface area contributed by atoms with Crippen LogP contribution in [0.15, 0.2) is 71.3 Å². The highest BCUT2D eigenvalue weighted by molar-refractivity contribution is 7.89. The van der Waals surface area contributed by atoms with Crippen molar-refractivity contribution < 1.29 is 22.7 Å². The minimum atomic E-state index is -3.80. The third kappa shape index (κ3) is 6.57. The number of carbonyl (C=O) groups is 1. The maximum absolute atomic E-state index is 13.6. The van der Waals surface area contributed by atoms with Crippen LogP contribution in [0.3, 0.4) is 0 Å². The number of nitrogens with one attached hydrogen (secondary N) is 1. The van der Waals surface area contributed by atoms with Crippen molar-refractivity contribution in [3.63, 3.8) is 0 Å². The van der Waals surface area contributed by atoms with Crippen molar-refractivity contribution in [2.75, 3.05) is 26.2 Å². The third-order valence-electron chi connectivity index (χ3n) is 7.07. The fraction of sp³-hybridized carbons (Fsp3) is 0.367. The number of carbonyl (C=O) groups excluding carboxylic acids is 1. The summed E-state index contributed by atoms with van der Waals surface area (Å²) in [6, 6.07) is 18.0. The molecular formula is C30H33N5O5S. The molecule has 3 unspecified atom stereocenters. The number of ether oxygens (including phenoxy) is 2.